The number of hydrogen-bond donors (Lipinski definition) is 0. The topological polar surface area (TPSA) is 53.0 Å². The van der Waals surface area contributed by atoms with E-state index in [1.807, 2.05) is 36.4 Å². The standard InChI is InChI=1S/C13H9NO2S/c15-17(16)13-9-5-1-3-7-11(9)14-12-8-4-2-6-10(12)13/h1-8H,(H,15,16)/p-1. The number of fused-ring (bicyclic) bond motifs is 2. The molecular weight excluding hydrogens is 234 g/mol. The van der Waals surface area contributed by atoms with Crippen LogP contribution in [0.25, 0.3) is 21.8 Å². The molecule has 0 aliphatic carbocycles. The average molecular weight is 242 g/mol. The number of hydrogen-bond acceptors (Lipinski definition) is 3. The van der Waals surface area contributed by atoms with Gasteiger partial charge < -0.3 is 4.55 Å². The Labute approximate surface area is 100 Å². The van der Waals surface area contributed by atoms with Gasteiger partial charge in [-0.05, 0) is 23.2 Å². The first-order chi connectivity index (χ1) is 8.27. The highest BCUT2D eigenvalue weighted by molar-refractivity contribution is 7.79. The summed E-state index contributed by atoms with van der Waals surface area (Å²) in [5.74, 6) is 0. The van der Waals surface area contributed by atoms with Gasteiger partial charge in [0.1, 0.15) is 0 Å². The number of pyridine rings is 1. The van der Waals surface area contributed by atoms with Crippen molar-refractivity contribution in [3.8, 4) is 0 Å². The molecule has 1 unspecified atom stereocenters. The fourth-order valence-electron chi connectivity index (χ4n) is 1.98. The molecule has 3 rings (SSSR count). The summed E-state index contributed by atoms with van der Waals surface area (Å²) in [6.45, 7) is 0. The van der Waals surface area contributed by atoms with Crippen LogP contribution in [0.5, 0.6) is 0 Å². The lowest BCUT2D eigenvalue weighted by molar-refractivity contribution is 0.539. The van der Waals surface area contributed by atoms with Crippen molar-refractivity contribution in [3.63, 3.8) is 0 Å². The molecule has 3 nitrogen and oxygen atoms in total. The van der Waals surface area contributed by atoms with E-state index >= 15 is 0 Å². The lowest BCUT2D eigenvalue weighted by atomic mass is 10.1. The number of para-hydroxylation sites is 2. The van der Waals surface area contributed by atoms with Crippen LogP contribution in [0, 0.1) is 0 Å². The summed E-state index contributed by atoms with van der Waals surface area (Å²) in [7, 11) is 0. The summed E-state index contributed by atoms with van der Waals surface area (Å²) in [5.41, 5.74) is 1.40. The largest absolute Gasteiger partial charge is 0.768 e. The highest BCUT2D eigenvalue weighted by Gasteiger charge is 2.08. The van der Waals surface area contributed by atoms with Crippen molar-refractivity contribution >= 4 is 32.9 Å². The van der Waals surface area contributed by atoms with Crippen molar-refractivity contribution in [2.24, 2.45) is 0 Å². The summed E-state index contributed by atoms with van der Waals surface area (Å²) < 4.78 is 22.8. The number of nitrogens with zero attached hydrogens (tertiary/aromatic N) is 1. The van der Waals surface area contributed by atoms with E-state index in [1.165, 1.54) is 0 Å². The zero-order valence-electron chi connectivity index (χ0n) is 8.79. The minimum absolute atomic E-state index is 0.325. The lowest BCUT2D eigenvalue weighted by Gasteiger charge is -2.12. The monoisotopic (exact) mass is 242 g/mol. The molecule has 0 aliphatic heterocycles. The summed E-state index contributed by atoms with van der Waals surface area (Å²) in [6.07, 6.45) is 0. The quantitative estimate of drug-likeness (QED) is 0.487. The predicted octanol–water partition coefficient (Wildman–Crippen LogP) is 2.63. The van der Waals surface area contributed by atoms with Crippen molar-refractivity contribution in [2.75, 3.05) is 0 Å². The molecule has 0 radical (unpaired) electrons. The van der Waals surface area contributed by atoms with Crippen molar-refractivity contribution < 1.29 is 8.76 Å². The van der Waals surface area contributed by atoms with Gasteiger partial charge in [0.05, 0.1) is 11.0 Å². The van der Waals surface area contributed by atoms with Gasteiger partial charge in [-0.3, -0.25) is 4.21 Å². The van der Waals surface area contributed by atoms with Crippen LogP contribution >= 0.6 is 0 Å². The van der Waals surface area contributed by atoms with E-state index < -0.39 is 11.1 Å². The zero-order chi connectivity index (χ0) is 11.8. The maximum Gasteiger partial charge on any atom is 0.0721 e. The Bertz CT molecular complexity index is 686. The van der Waals surface area contributed by atoms with Crippen LogP contribution in [0.15, 0.2) is 53.4 Å². The molecule has 0 saturated carbocycles. The SMILES string of the molecule is O=S([O-])c1c2ccccc2nc2ccccc12. The smallest absolute Gasteiger partial charge is 0.0721 e. The second kappa shape index (κ2) is 3.91. The van der Waals surface area contributed by atoms with Crippen LogP contribution in [-0.2, 0) is 11.1 Å². The average Bonchev–Trinajstić information content (AvgIpc) is 2.35. The van der Waals surface area contributed by atoms with Crippen LogP contribution in [0.3, 0.4) is 0 Å². The normalized spacial score (nSPS) is 13.0. The Hall–Kier alpha value is -1.78. The molecule has 0 fully saturated rings. The molecular formula is C13H8NO2S-. The fraction of sp³-hybridized carbons (Fsp3) is 0. The van der Waals surface area contributed by atoms with Gasteiger partial charge in [0.25, 0.3) is 0 Å². The lowest BCUT2D eigenvalue weighted by Crippen LogP contribution is -1.95. The maximum atomic E-state index is 11.4. The van der Waals surface area contributed by atoms with Gasteiger partial charge in [-0.1, -0.05) is 36.4 Å². The second-order valence-corrected chi connectivity index (χ2v) is 4.59. The van der Waals surface area contributed by atoms with E-state index in [2.05, 4.69) is 4.98 Å². The molecule has 0 saturated heterocycles. The van der Waals surface area contributed by atoms with Crippen LogP contribution < -0.4 is 0 Å². The first kappa shape index (κ1) is 10.4. The van der Waals surface area contributed by atoms with Gasteiger partial charge >= 0.3 is 0 Å². The van der Waals surface area contributed by atoms with Crippen molar-refractivity contribution in [1.82, 2.24) is 4.98 Å². The summed E-state index contributed by atoms with van der Waals surface area (Å²) in [5, 5.41) is 1.33. The minimum Gasteiger partial charge on any atom is -0.768 e. The summed E-state index contributed by atoms with van der Waals surface area (Å²) in [6, 6.07) is 14.5. The van der Waals surface area contributed by atoms with Gasteiger partial charge in [-0.15, -0.1) is 0 Å². The molecule has 0 amide bonds. The number of benzene rings is 2. The van der Waals surface area contributed by atoms with Crippen LogP contribution in [0.1, 0.15) is 0 Å². The Morgan fingerprint density at radius 1 is 0.882 bits per heavy atom. The van der Waals surface area contributed by atoms with Gasteiger partial charge in [-0.25, -0.2) is 4.98 Å². The van der Waals surface area contributed by atoms with Gasteiger partial charge in [0.15, 0.2) is 0 Å². The first-order valence-corrected chi connectivity index (χ1v) is 6.21. The summed E-state index contributed by atoms with van der Waals surface area (Å²) >= 11 is -2.27. The molecule has 3 aromatic rings. The molecule has 0 aliphatic rings. The van der Waals surface area contributed by atoms with Crippen molar-refractivity contribution in [3.05, 3.63) is 48.5 Å². The molecule has 17 heavy (non-hydrogen) atoms. The van der Waals surface area contributed by atoms with Gasteiger partial charge in [-0.2, -0.15) is 0 Å². The highest BCUT2D eigenvalue weighted by atomic mass is 32.2. The van der Waals surface area contributed by atoms with Crippen LogP contribution in [-0.4, -0.2) is 13.7 Å². The molecule has 4 heteroatoms. The fourth-order valence-corrected chi connectivity index (χ4v) is 2.69. The third-order valence-corrected chi connectivity index (χ3v) is 3.48. The second-order valence-electron chi connectivity index (χ2n) is 3.71. The molecule has 1 heterocycles. The third-order valence-electron chi connectivity index (χ3n) is 2.70. The van der Waals surface area contributed by atoms with E-state index in [0.29, 0.717) is 26.7 Å². The van der Waals surface area contributed by atoms with Gasteiger partial charge in [0, 0.05) is 15.7 Å². The Kier molecular flexibility index (Phi) is 2.39. The van der Waals surface area contributed by atoms with E-state index in [9.17, 15) is 8.76 Å². The highest BCUT2D eigenvalue weighted by Crippen LogP contribution is 2.27. The van der Waals surface area contributed by atoms with Gasteiger partial charge in [0.2, 0.25) is 0 Å². The number of aromatic nitrogens is 1. The molecule has 84 valence electrons. The Balaban J connectivity index is 2.61. The Morgan fingerprint density at radius 2 is 1.35 bits per heavy atom. The van der Waals surface area contributed by atoms with Crippen molar-refractivity contribution in [1.29, 1.82) is 0 Å². The molecule has 0 bridgehead atoms. The van der Waals surface area contributed by atoms with E-state index in [-0.39, 0.29) is 0 Å². The summed E-state index contributed by atoms with van der Waals surface area (Å²) in [4.78, 5) is 4.77. The maximum absolute atomic E-state index is 11.4. The van der Waals surface area contributed by atoms with Crippen molar-refractivity contribution in [2.45, 2.75) is 4.90 Å². The van der Waals surface area contributed by atoms with E-state index in [4.69, 9.17) is 0 Å². The molecule has 0 N–H and O–H groups in total. The van der Waals surface area contributed by atoms with E-state index in [1.54, 1.807) is 12.1 Å². The molecule has 1 aromatic heterocycles. The molecule has 1 atom stereocenters. The Morgan fingerprint density at radius 3 is 1.82 bits per heavy atom. The third kappa shape index (κ3) is 1.62. The predicted molar refractivity (Wildman–Crippen MR) is 66.4 cm³/mol. The zero-order valence-corrected chi connectivity index (χ0v) is 9.61. The molecule has 0 spiro atoms. The number of rotatable bonds is 1. The van der Waals surface area contributed by atoms with Crippen LogP contribution in [0.2, 0.25) is 0 Å². The minimum atomic E-state index is -2.27. The molecule has 2 aromatic carbocycles. The first-order valence-electron chi connectivity index (χ1n) is 5.14. The van der Waals surface area contributed by atoms with Crippen LogP contribution in [0.4, 0.5) is 0 Å². The van der Waals surface area contributed by atoms with E-state index in [0.717, 1.165) is 0 Å².